The first-order valence-corrected chi connectivity index (χ1v) is 5.84. The molecule has 98 valence electrons. The summed E-state index contributed by atoms with van der Waals surface area (Å²) in [5, 5.41) is 2.73. The Kier molecular flexibility index (Phi) is 3.11. The van der Waals surface area contributed by atoms with Crippen LogP contribution < -0.4 is 11.1 Å². The Hall–Kier alpha value is -1.49. The number of nitrogens with two attached hydrogens (primary N) is 1. The van der Waals surface area contributed by atoms with Crippen LogP contribution in [0.3, 0.4) is 0 Å². The van der Waals surface area contributed by atoms with E-state index in [-0.39, 0.29) is 23.1 Å². The number of hydrogen-bond donors (Lipinski definition) is 2. The van der Waals surface area contributed by atoms with Gasteiger partial charge in [-0.25, -0.2) is 8.78 Å². The van der Waals surface area contributed by atoms with Crippen molar-refractivity contribution in [2.24, 2.45) is 11.1 Å². The molecular formula is C13H16F2N2O. The second-order valence-electron chi connectivity index (χ2n) is 5.31. The summed E-state index contributed by atoms with van der Waals surface area (Å²) in [5.74, 6) is -2.08. The van der Waals surface area contributed by atoms with Crippen molar-refractivity contribution in [3.8, 4) is 0 Å². The van der Waals surface area contributed by atoms with Crippen LogP contribution in [0.5, 0.6) is 0 Å². The van der Waals surface area contributed by atoms with E-state index >= 15 is 0 Å². The van der Waals surface area contributed by atoms with Gasteiger partial charge in [-0.3, -0.25) is 4.79 Å². The molecular weight excluding hydrogens is 238 g/mol. The lowest BCUT2D eigenvalue weighted by molar-refractivity contribution is 0.0584. The van der Waals surface area contributed by atoms with Gasteiger partial charge < -0.3 is 11.1 Å². The highest BCUT2D eigenvalue weighted by atomic mass is 19.1. The Morgan fingerprint density at radius 3 is 2.61 bits per heavy atom. The smallest absolute Gasteiger partial charge is 0.254 e. The van der Waals surface area contributed by atoms with Crippen LogP contribution in [0.25, 0.3) is 0 Å². The lowest BCUT2D eigenvalue weighted by Crippen LogP contribution is -2.64. The van der Waals surface area contributed by atoms with E-state index in [1.807, 2.05) is 13.8 Å². The molecule has 1 aliphatic rings. The Morgan fingerprint density at radius 1 is 1.44 bits per heavy atom. The first kappa shape index (κ1) is 13.0. The summed E-state index contributed by atoms with van der Waals surface area (Å²) in [5.41, 5.74) is 5.49. The summed E-state index contributed by atoms with van der Waals surface area (Å²) in [6, 6.07) is 2.86. The van der Waals surface area contributed by atoms with Crippen LogP contribution in [-0.2, 0) is 0 Å². The maximum absolute atomic E-state index is 13.4. The van der Waals surface area contributed by atoms with E-state index in [2.05, 4.69) is 5.32 Å². The van der Waals surface area contributed by atoms with Crippen molar-refractivity contribution in [1.82, 2.24) is 5.32 Å². The summed E-state index contributed by atoms with van der Waals surface area (Å²) >= 11 is 0. The average Bonchev–Trinajstić information content (AvgIpc) is 2.28. The van der Waals surface area contributed by atoms with Crippen LogP contribution in [-0.4, -0.2) is 18.0 Å². The summed E-state index contributed by atoms with van der Waals surface area (Å²) in [7, 11) is 0. The molecule has 1 fully saturated rings. The molecule has 3 N–H and O–H groups in total. The summed E-state index contributed by atoms with van der Waals surface area (Å²) in [6.07, 6.45) is 0.668. The third-order valence-electron chi connectivity index (χ3n) is 3.82. The zero-order valence-corrected chi connectivity index (χ0v) is 10.3. The van der Waals surface area contributed by atoms with Gasteiger partial charge in [-0.2, -0.15) is 0 Å². The fourth-order valence-corrected chi connectivity index (χ4v) is 2.11. The lowest BCUT2D eigenvalue weighted by atomic mass is 9.63. The molecule has 1 saturated carbocycles. The minimum atomic E-state index is -0.853. The molecule has 0 aliphatic heterocycles. The molecule has 1 aromatic carbocycles. The predicted molar refractivity (Wildman–Crippen MR) is 64.0 cm³/mol. The first-order valence-electron chi connectivity index (χ1n) is 5.84. The third-order valence-corrected chi connectivity index (χ3v) is 3.82. The molecule has 5 heteroatoms. The topological polar surface area (TPSA) is 55.1 Å². The maximum atomic E-state index is 13.4. The third kappa shape index (κ3) is 2.10. The van der Waals surface area contributed by atoms with Crippen LogP contribution in [0.2, 0.25) is 0 Å². The van der Waals surface area contributed by atoms with E-state index in [9.17, 15) is 13.6 Å². The van der Waals surface area contributed by atoms with Crippen LogP contribution in [0, 0.1) is 17.0 Å². The van der Waals surface area contributed by atoms with Gasteiger partial charge >= 0.3 is 0 Å². The van der Waals surface area contributed by atoms with Gasteiger partial charge in [0, 0.05) is 23.6 Å². The summed E-state index contributed by atoms with van der Waals surface area (Å²) < 4.78 is 26.2. The van der Waals surface area contributed by atoms with Crippen molar-refractivity contribution < 1.29 is 13.6 Å². The molecule has 2 rings (SSSR count). The van der Waals surface area contributed by atoms with Gasteiger partial charge in [0.2, 0.25) is 0 Å². The van der Waals surface area contributed by atoms with Gasteiger partial charge in [-0.05, 0) is 18.6 Å². The Balaban J connectivity index is 2.09. The van der Waals surface area contributed by atoms with Crippen molar-refractivity contribution in [3.05, 3.63) is 35.4 Å². The van der Waals surface area contributed by atoms with Gasteiger partial charge in [0.25, 0.3) is 5.91 Å². The second kappa shape index (κ2) is 4.31. The van der Waals surface area contributed by atoms with Crippen LogP contribution in [0.15, 0.2) is 18.2 Å². The first-order chi connectivity index (χ1) is 8.32. The monoisotopic (exact) mass is 254 g/mol. The van der Waals surface area contributed by atoms with Crippen molar-refractivity contribution in [3.63, 3.8) is 0 Å². The van der Waals surface area contributed by atoms with Crippen molar-refractivity contribution in [2.75, 3.05) is 0 Å². The highest BCUT2D eigenvalue weighted by molar-refractivity contribution is 5.94. The Labute approximate surface area is 104 Å². The van der Waals surface area contributed by atoms with Crippen LogP contribution >= 0.6 is 0 Å². The molecule has 1 aliphatic carbocycles. The molecule has 0 saturated heterocycles. The number of carbonyl (C=O) groups excluding carboxylic acids is 1. The number of carbonyl (C=O) groups is 1. The molecule has 0 aromatic heterocycles. The van der Waals surface area contributed by atoms with Crippen LogP contribution in [0.4, 0.5) is 8.78 Å². The van der Waals surface area contributed by atoms with E-state index < -0.39 is 17.5 Å². The molecule has 0 heterocycles. The predicted octanol–water partition coefficient (Wildman–Crippen LogP) is 1.82. The number of hydrogen-bond acceptors (Lipinski definition) is 2. The SMILES string of the molecule is CC1(C)C(N)CC1NC(=O)c1ccc(F)cc1F. The molecule has 1 aromatic rings. The highest BCUT2D eigenvalue weighted by Gasteiger charge is 2.46. The van der Waals surface area contributed by atoms with Gasteiger partial charge in [0.05, 0.1) is 5.56 Å². The molecule has 0 bridgehead atoms. The zero-order valence-electron chi connectivity index (χ0n) is 10.3. The standard InChI is InChI=1S/C13H16F2N2O/c1-13(2)10(16)6-11(13)17-12(18)8-4-3-7(14)5-9(8)15/h3-5,10-11H,6,16H2,1-2H3,(H,17,18). The number of amides is 1. The lowest BCUT2D eigenvalue weighted by Gasteiger charge is -2.50. The van der Waals surface area contributed by atoms with Gasteiger partial charge in [0.1, 0.15) is 11.6 Å². The van der Waals surface area contributed by atoms with Gasteiger partial charge in [0.15, 0.2) is 0 Å². The Morgan fingerprint density at radius 2 is 2.11 bits per heavy atom. The average molecular weight is 254 g/mol. The quantitative estimate of drug-likeness (QED) is 0.845. The van der Waals surface area contributed by atoms with Crippen molar-refractivity contribution in [2.45, 2.75) is 32.4 Å². The number of nitrogens with one attached hydrogen (secondary N) is 1. The van der Waals surface area contributed by atoms with Gasteiger partial charge in [-0.15, -0.1) is 0 Å². The normalized spacial score (nSPS) is 25.4. The van der Waals surface area contributed by atoms with E-state index in [1.165, 1.54) is 0 Å². The largest absolute Gasteiger partial charge is 0.349 e. The number of rotatable bonds is 2. The fraction of sp³-hybridized carbons (Fsp3) is 0.462. The maximum Gasteiger partial charge on any atom is 0.254 e. The summed E-state index contributed by atoms with van der Waals surface area (Å²) in [4.78, 5) is 11.9. The van der Waals surface area contributed by atoms with E-state index in [0.29, 0.717) is 12.5 Å². The fourth-order valence-electron chi connectivity index (χ4n) is 2.11. The van der Waals surface area contributed by atoms with Crippen molar-refractivity contribution in [1.29, 1.82) is 0 Å². The molecule has 0 spiro atoms. The highest BCUT2D eigenvalue weighted by Crippen LogP contribution is 2.39. The molecule has 18 heavy (non-hydrogen) atoms. The molecule has 2 atom stereocenters. The van der Waals surface area contributed by atoms with Gasteiger partial charge in [-0.1, -0.05) is 13.8 Å². The van der Waals surface area contributed by atoms with E-state index in [1.54, 1.807) is 0 Å². The Bertz CT molecular complexity index is 488. The second-order valence-corrected chi connectivity index (χ2v) is 5.31. The molecule has 0 radical (unpaired) electrons. The minimum absolute atomic E-state index is 0.0286. The van der Waals surface area contributed by atoms with Crippen LogP contribution in [0.1, 0.15) is 30.6 Å². The van der Waals surface area contributed by atoms with Crippen molar-refractivity contribution >= 4 is 5.91 Å². The minimum Gasteiger partial charge on any atom is -0.349 e. The van der Waals surface area contributed by atoms with E-state index in [0.717, 1.165) is 12.1 Å². The summed E-state index contributed by atoms with van der Waals surface area (Å²) in [6.45, 7) is 3.90. The molecule has 1 amide bonds. The molecule has 3 nitrogen and oxygen atoms in total. The molecule has 2 unspecified atom stereocenters. The number of benzene rings is 1. The number of halogens is 2. The zero-order chi connectivity index (χ0) is 13.5. The van der Waals surface area contributed by atoms with E-state index in [4.69, 9.17) is 5.73 Å².